The van der Waals surface area contributed by atoms with E-state index in [2.05, 4.69) is 14.2 Å². The Morgan fingerprint density at radius 1 is 0.958 bits per heavy atom. The van der Waals surface area contributed by atoms with Crippen molar-refractivity contribution in [2.75, 3.05) is 32.7 Å². The highest BCUT2D eigenvalue weighted by molar-refractivity contribution is 7.90. The Balaban J connectivity index is 1.85. The summed E-state index contributed by atoms with van der Waals surface area (Å²) in [5.41, 5.74) is 1.05. The molecule has 0 bridgehead atoms. The Morgan fingerprint density at radius 2 is 1.54 bits per heavy atom. The van der Waals surface area contributed by atoms with Gasteiger partial charge in [0.2, 0.25) is 0 Å². The number of piperidine rings is 1. The highest BCUT2D eigenvalue weighted by Gasteiger charge is 2.23. The molecular formula is C18H27N3O2S. The van der Waals surface area contributed by atoms with Crippen LogP contribution < -0.4 is 0 Å². The monoisotopic (exact) mass is 349 g/mol. The third-order valence-electron chi connectivity index (χ3n) is 4.83. The molecule has 2 saturated heterocycles. The summed E-state index contributed by atoms with van der Waals surface area (Å²) in [4.78, 5) is 4.77. The lowest BCUT2D eigenvalue weighted by atomic mass is 10.1. The molecule has 6 heteroatoms. The summed E-state index contributed by atoms with van der Waals surface area (Å²) < 4.78 is 29.7. The van der Waals surface area contributed by atoms with Crippen LogP contribution >= 0.6 is 0 Å². The highest BCUT2D eigenvalue weighted by Crippen LogP contribution is 2.17. The Bertz CT molecular complexity index is 671. The molecule has 0 aromatic heterocycles. The van der Waals surface area contributed by atoms with E-state index < -0.39 is 10.0 Å². The number of hydrogen-bond acceptors (Lipinski definition) is 3. The molecule has 2 heterocycles. The molecule has 2 aliphatic rings. The van der Waals surface area contributed by atoms with Gasteiger partial charge in [0.15, 0.2) is 0 Å². The molecule has 2 fully saturated rings. The van der Waals surface area contributed by atoms with Crippen molar-refractivity contribution < 1.29 is 8.42 Å². The number of nitrogens with zero attached hydrogens (tertiary/aromatic N) is 3. The highest BCUT2D eigenvalue weighted by atomic mass is 32.2. The van der Waals surface area contributed by atoms with Crippen LogP contribution in [0.3, 0.4) is 0 Å². The average Bonchev–Trinajstić information content (AvgIpc) is 3.10. The number of amidine groups is 1. The van der Waals surface area contributed by atoms with Crippen molar-refractivity contribution in [3.05, 3.63) is 29.8 Å². The fraction of sp³-hybridized carbons (Fsp3) is 0.611. The molecule has 0 aliphatic carbocycles. The van der Waals surface area contributed by atoms with Crippen LogP contribution in [0.25, 0.3) is 0 Å². The van der Waals surface area contributed by atoms with Crippen LogP contribution in [0.5, 0.6) is 0 Å². The lowest BCUT2D eigenvalue weighted by molar-refractivity contribution is 0.251. The fourth-order valence-electron chi connectivity index (χ4n) is 3.38. The Hall–Kier alpha value is -1.40. The van der Waals surface area contributed by atoms with E-state index in [1.54, 1.807) is 12.1 Å². The van der Waals surface area contributed by atoms with Crippen LogP contribution in [-0.2, 0) is 10.0 Å². The SMILES string of the molecule is Cc1ccc(S(=O)(=O)/N=C(\CN2CCCCC2)N2CCCC2)cc1. The van der Waals surface area contributed by atoms with Crippen molar-refractivity contribution in [3.63, 3.8) is 0 Å². The first-order valence-corrected chi connectivity index (χ1v) is 10.4. The van der Waals surface area contributed by atoms with E-state index in [0.29, 0.717) is 6.54 Å². The van der Waals surface area contributed by atoms with Gasteiger partial charge in [-0.15, -0.1) is 4.40 Å². The van der Waals surface area contributed by atoms with E-state index >= 15 is 0 Å². The van der Waals surface area contributed by atoms with Crippen LogP contribution in [0.1, 0.15) is 37.7 Å². The predicted octanol–water partition coefficient (Wildman–Crippen LogP) is 2.66. The van der Waals surface area contributed by atoms with Crippen LogP contribution in [0.4, 0.5) is 0 Å². The number of likely N-dealkylation sites (tertiary alicyclic amines) is 2. The summed E-state index contributed by atoms with van der Waals surface area (Å²) in [5.74, 6) is 0.718. The first-order valence-electron chi connectivity index (χ1n) is 8.92. The molecular weight excluding hydrogens is 322 g/mol. The summed E-state index contributed by atoms with van der Waals surface area (Å²) in [6.07, 6.45) is 5.89. The molecule has 0 amide bonds. The molecule has 0 saturated carbocycles. The van der Waals surface area contributed by atoms with Gasteiger partial charge in [0, 0.05) is 13.1 Å². The number of aryl methyl sites for hydroxylation is 1. The van der Waals surface area contributed by atoms with Gasteiger partial charge in [0.05, 0.1) is 11.4 Å². The van der Waals surface area contributed by atoms with Crippen molar-refractivity contribution in [2.24, 2.45) is 4.40 Å². The third-order valence-corrected chi connectivity index (χ3v) is 6.15. The zero-order valence-corrected chi connectivity index (χ0v) is 15.3. The normalized spacial score (nSPS) is 20.5. The van der Waals surface area contributed by atoms with E-state index in [0.717, 1.165) is 50.4 Å². The summed E-state index contributed by atoms with van der Waals surface area (Å²) in [6, 6.07) is 6.94. The van der Waals surface area contributed by atoms with Gasteiger partial charge in [0.1, 0.15) is 5.84 Å². The maximum Gasteiger partial charge on any atom is 0.283 e. The Kier molecular flexibility index (Phi) is 5.56. The third kappa shape index (κ3) is 4.36. The molecule has 132 valence electrons. The van der Waals surface area contributed by atoms with Crippen molar-refractivity contribution in [1.29, 1.82) is 0 Å². The lowest BCUT2D eigenvalue weighted by Crippen LogP contribution is -2.41. The molecule has 1 aromatic rings. The zero-order valence-electron chi connectivity index (χ0n) is 14.4. The maximum atomic E-state index is 12.7. The average molecular weight is 350 g/mol. The van der Waals surface area contributed by atoms with Gasteiger partial charge in [-0.05, 0) is 57.8 Å². The second-order valence-corrected chi connectivity index (χ2v) is 8.43. The summed E-state index contributed by atoms with van der Waals surface area (Å²) in [6.45, 7) is 6.50. The van der Waals surface area contributed by atoms with E-state index in [1.807, 2.05) is 19.1 Å². The minimum absolute atomic E-state index is 0.281. The minimum atomic E-state index is -3.64. The molecule has 2 aliphatic heterocycles. The topological polar surface area (TPSA) is 53.0 Å². The lowest BCUT2D eigenvalue weighted by Gasteiger charge is -2.30. The van der Waals surface area contributed by atoms with Gasteiger partial charge in [-0.1, -0.05) is 24.1 Å². The Morgan fingerprint density at radius 3 is 2.17 bits per heavy atom. The van der Waals surface area contributed by atoms with Crippen LogP contribution in [0.2, 0.25) is 0 Å². The Labute approximate surface area is 145 Å². The maximum absolute atomic E-state index is 12.7. The van der Waals surface area contributed by atoms with Crippen molar-refractivity contribution >= 4 is 15.9 Å². The quantitative estimate of drug-likeness (QED) is 0.619. The van der Waals surface area contributed by atoms with Gasteiger partial charge < -0.3 is 4.90 Å². The first kappa shape index (κ1) is 17.4. The summed E-state index contributed by atoms with van der Waals surface area (Å²) in [5, 5.41) is 0. The van der Waals surface area contributed by atoms with Crippen molar-refractivity contribution in [2.45, 2.75) is 43.9 Å². The van der Waals surface area contributed by atoms with Crippen LogP contribution in [0.15, 0.2) is 33.6 Å². The van der Waals surface area contributed by atoms with E-state index in [-0.39, 0.29) is 4.90 Å². The van der Waals surface area contributed by atoms with Gasteiger partial charge in [0.25, 0.3) is 10.0 Å². The zero-order chi connectivity index (χ0) is 17.0. The largest absolute Gasteiger partial charge is 0.358 e. The summed E-state index contributed by atoms with van der Waals surface area (Å²) in [7, 11) is -3.64. The second kappa shape index (κ2) is 7.66. The molecule has 0 atom stereocenters. The standard InChI is InChI=1S/C18H27N3O2S/c1-16-7-9-17(10-8-16)24(22,23)19-18(21-13-5-6-14-21)15-20-11-3-2-4-12-20/h7-10H,2-6,11-15H2,1H3/b19-18+. The van der Waals surface area contributed by atoms with Crippen molar-refractivity contribution in [1.82, 2.24) is 9.80 Å². The van der Waals surface area contributed by atoms with Crippen molar-refractivity contribution in [3.8, 4) is 0 Å². The van der Waals surface area contributed by atoms with E-state index in [4.69, 9.17) is 0 Å². The molecule has 0 unspecified atom stereocenters. The molecule has 5 nitrogen and oxygen atoms in total. The molecule has 0 N–H and O–H groups in total. The number of sulfonamides is 1. The van der Waals surface area contributed by atoms with Crippen LogP contribution in [0, 0.1) is 6.92 Å². The van der Waals surface area contributed by atoms with Gasteiger partial charge in [-0.3, -0.25) is 4.90 Å². The molecule has 24 heavy (non-hydrogen) atoms. The van der Waals surface area contributed by atoms with E-state index in [9.17, 15) is 8.42 Å². The van der Waals surface area contributed by atoms with Crippen LogP contribution in [-0.4, -0.2) is 56.8 Å². The second-order valence-electron chi connectivity index (χ2n) is 6.83. The fourth-order valence-corrected chi connectivity index (χ4v) is 4.42. The summed E-state index contributed by atoms with van der Waals surface area (Å²) >= 11 is 0. The molecule has 0 spiro atoms. The molecule has 3 rings (SSSR count). The van der Waals surface area contributed by atoms with Gasteiger partial charge in [-0.25, -0.2) is 0 Å². The number of rotatable bonds is 4. The van der Waals surface area contributed by atoms with Gasteiger partial charge in [-0.2, -0.15) is 8.42 Å². The predicted molar refractivity (Wildman–Crippen MR) is 96.9 cm³/mol. The first-order chi connectivity index (χ1) is 11.5. The molecule has 1 aromatic carbocycles. The smallest absolute Gasteiger partial charge is 0.283 e. The molecule has 0 radical (unpaired) electrons. The number of benzene rings is 1. The van der Waals surface area contributed by atoms with Gasteiger partial charge >= 0.3 is 0 Å². The number of hydrogen-bond donors (Lipinski definition) is 0. The minimum Gasteiger partial charge on any atom is -0.358 e. The van der Waals surface area contributed by atoms with E-state index in [1.165, 1.54) is 19.3 Å².